The van der Waals surface area contributed by atoms with Crippen molar-refractivity contribution in [1.82, 2.24) is 15.5 Å². The highest BCUT2D eigenvalue weighted by Crippen LogP contribution is 2.21. The highest BCUT2D eigenvalue weighted by molar-refractivity contribution is 5.79. The smallest absolute Gasteiger partial charge is 0.312 e. The minimum atomic E-state index is -0.616. The molecule has 1 fully saturated rings. The van der Waals surface area contributed by atoms with Crippen molar-refractivity contribution in [2.24, 2.45) is 5.73 Å². The van der Waals surface area contributed by atoms with Crippen molar-refractivity contribution in [2.75, 3.05) is 19.6 Å². The molecule has 0 aromatic heterocycles. The summed E-state index contributed by atoms with van der Waals surface area (Å²) in [4.78, 5) is 25.6. The fourth-order valence-electron chi connectivity index (χ4n) is 2.85. The van der Waals surface area contributed by atoms with E-state index in [2.05, 4.69) is 17.6 Å². The van der Waals surface area contributed by atoms with Crippen LogP contribution in [0.4, 0.5) is 4.79 Å². The number of urea groups is 1. The zero-order valence-corrected chi connectivity index (χ0v) is 13.1. The zero-order chi connectivity index (χ0) is 16.1. The molecule has 3 amide bonds. The van der Waals surface area contributed by atoms with Gasteiger partial charge >= 0.3 is 6.03 Å². The molecule has 1 aliphatic heterocycles. The number of rotatable bonds is 4. The molecule has 0 saturated carbocycles. The Balaban J connectivity index is 2.11. The van der Waals surface area contributed by atoms with Crippen LogP contribution in [-0.4, -0.2) is 42.5 Å². The summed E-state index contributed by atoms with van der Waals surface area (Å²) in [6, 6.07) is 6.99. The number of primary amides is 1. The lowest BCUT2D eigenvalue weighted by Gasteiger charge is -2.33. The van der Waals surface area contributed by atoms with Gasteiger partial charge in [-0.1, -0.05) is 24.3 Å². The van der Waals surface area contributed by atoms with E-state index in [4.69, 9.17) is 5.73 Å². The number of benzene rings is 1. The Bertz CT molecular complexity index is 547. The number of carbonyl (C=O) groups is 2. The molecule has 22 heavy (non-hydrogen) atoms. The lowest BCUT2D eigenvalue weighted by Crippen LogP contribution is -2.52. The third-order valence-corrected chi connectivity index (χ3v) is 3.98. The van der Waals surface area contributed by atoms with Gasteiger partial charge in [-0.3, -0.25) is 4.79 Å². The SMILES string of the molecule is Cc1ccccc1[C@H](CC(=O)N1CCN[C@H](C)C1)NC(N)=O. The average Bonchev–Trinajstić information content (AvgIpc) is 2.46. The van der Waals surface area contributed by atoms with E-state index in [0.717, 1.165) is 17.7 Å². The quantitative estimate of drug-likeness (QED) is 0.773. The predicted octanol–water partition coefficient (Wildman–Crippen LogP) is 0.915. The van der Waals surface area contributed by atoms with Gasteiger partial charge in [0.15, 0.2) is 0 Å². The van der Waals surface area contributed by atoms with Crippen molar-refractivity contribution in [3.05, 3.63) is 35.4 Å². The first-order valence-corrected chi connectivity index (χ1v) is 7.60. The molecule has 4 N–H and O–H groups in total. The average molecular weight is 304 g/mol. The van der Waals surface area contributed by atoms with Gasteiger partial charge in [0.2, 0.25) is 5.91 Å². The van der Waals surface area contributed by atoms with E-state index in [1.807, 2.05) is 36.1 Å². The second-order valence-corrected chi connectivity index (χ2v) is 5.82. The minimum Gasteiger partial charge on any atom is -0.352 e. The first-order valence-electron chi connectivity index (χ1n) is 7.60. The van der Waals surface area contributed by atoms with Crippen LogP contribution in [0, 0.1) is 6.92 Å². The molecular formula is C16H24N4O2. The molecule has 0 bridgehead atoms. The molecule has 2 atom stereocenters. The van der Waals surface area contributed by atoms with Gasteiger partial charge in [0.25, 0.3) is 0 Å². The van der Waals surface area contributed by atoms with Gasteiger partial charge in [-0.05, 0) is 25.0 Å². The number of amides is 3. The Labute approximate surface area is 131 Å². The van der Waals surface area contributed by atoms with Crippen molar-refractivity contribution >= 4 is 11.9 Å². The van der Waals surface area contributed by atoms with Gasteiger partial charge in [-0.25, -0.2) is 4.79 Å². The maximum absolute atomic E-state index is 12.5. The lowest BCUT2D eigenvalue weighted by molar-refractivity contribution is -0.132. The first kappa shape index (κ1) is 16.3. The summed E-state index contributed by atoms with van der Waals surface area (Å²) in [5.74, 6) is 0.0374. The summed E-state index contributed by atoms with van der Waals surface area (Å²) in [5.41, 5.74) is 7.23. The van der Waals surface area contributed by atoms with E-state index in [1.54, 1.807) is 0 Å². The molecule has 1 aromatic carbocycles. The molecule has 2 rings (SSSR count). The molecule has 0 aliphatic carbocycles. The van der Waals surface area contributed by atoms with Crippen molar-refractivity contribution in [1.29, 1.82) is 0 Å². The Morgan fingerprint density at radius 2 is 2.18 bits per heavy atom. The number of nitrogens with one attached hydrogen (secondary N) is 2. The molecule has 6 nitrogen and oxygen atoms in total. The summed E-state index contributed by atoms with van der Waals surface area (Å²) < 4.78 is 0. The highest BCUT2D eigenvalue weighted by atomic mass is 16.2. The molecule has 120 valence electrons. The predicted molar refractivity (Wildman–Crippen MR) is 85.3 cm³/mol. The standard InChI is InChI=1S/C16H24N4O2/c1-11-5-3-4-6-13(11)14(19-16(17)22)9-15(21)20-8-7-18-12(2)10-20/h3-6,12,14,18H,7-10H2,1-2H3,(H3,17,19,22)/t12-,14+/m1/s1. The van der Waals surface area contributed by atoms with Crippen molar-refractivity contribution in [3.63, 3.8) is 0 Å². The molecule has 1 aliphatic rings. The van der Waals surface area contributed by atoms with Gasteiger partial charge < -0.3 is 21.3 Å². The Morgan fingerprint density at radius 1 is 1.45 bits per heavy atom. The molecule has 1 heterocycles. The molecule has 0 radical (unpaired) electrons. The topological polar surface area (TPSA) is 87.5 Å². The third kappa shape index (κ3) is 4.21. The summed E-state index contributed by atoms with van der Waals surface area (Å²) in [5, 5.41) is 6.00. The minimum absolute atomic E-state index is 0.0374. The molecule has 6 heteroatoms. The molecule has 1 aromatic rings. The van der Waals surface area contributed by atoms with Gasteiger partial charge in [-0.2, -0.15) is 0 Å². The van der Waals surface area contributed by atoms with E-state index < -0.39 is 12.1 Å². The van der Waals surface area contributed by atoms with Crippen molar-refractivity contribution < 1.29 is 9.59 Å². The van der Waals surface area contributed by atoms with Gasteiger partial charge in [0, 0.05) is 25.7 Å². The number of hydrogen-bond donors (Lipinski definition) is 3. The number of nitrogens with two attached hydrogens (primary N) is 1. The van der Waals surface area contributed by atoms with Crippen LogP contribution < -0.4 is 16.4 Å². The van der Waals surface area contributed by atoms with Crippen LogP contribution in [0.1, 0.15) is 30.5 Å². The molecule has 0 spiro atoms. The van der Waals surface area contributed by atoms with Crippen LogP contribution in [-0.2, 0) is 4.79 Å². The van der Waals surface area contributed by atoms with Gasteiger partial charge in [-0.15, -0.1) is 0 Å². The summed E-state index contributed by atoms with van der Waals surface area (Å²) in [7, 11) is 0. The Morgan fingerprint density at radius 3 is 2.82 bits per heavy atom. The van der Waals surface area contributed by atoms with Gasteiger partial charge in [0.05, 0.1) is 12.5 Å². The largest absolute Gasteiger partial charge is 0.352 e. The maximum Gasteiger partial charge on any atom is 0.312 e. The number of hydrogen-bond acceptors (Lipinski definition) is 3. The number of nitrogens with zero attached hydrogens (tertiary/aromatic N) is 1. The van der Waals surface area contributed by atoms with Crippen LogP contribution in [0.2, 0.25) is 0 Å². The van der Waals surface area contributed by atoms with Crippen molar-refractivity contribution in [3.8, 4) is 0 Å². The summed E-state index contributed by atoms with van der Waals surface area (Å²) in [6.45, 7) is 6.20. The van der Waals surface area contributed by atoms with Crippen molar-refractivity contribution in [2.45, 2.75) is 32.4 Å². The fourth-order valence-corrected chi connectivity index (χ4v) is 2.85. The van der Waals surface area contributed by atoms with Crippen LogP contribution >= 0.6 is 0 Å². The van der Waals surface area contributed by atoms with E-state index in [1.165, 1.54) is 0 Å². The number of carbonyl (C=O) groups excluding carboxylic acids is 2. The normalized spacial score (nSPS) is 19.5. The monoisotopic (exact) mass is 304 g/mol. The fraction of sp³-hybridized carbons (Fsp3) is 0.500. The number of aryl methyl sites for hydroxylation is 1. The van der Waals surface area contributed by atoms with E-state index in [0.29, 0.717) is 19.1 Å². The van der Waals surface area contributed by atoms with E-state index >= 15 is 0 Å². The van der Waals surface area contributed by atoms with E-state index in [9.17, 15) is 9.59 Å². The van der Waals surface area contributed by atoms with Crippen LogP contribution in [0.5, 0.6) is 0 Å². The zero-order valence-electron chi connectivity index (χ0n) is 13.1. The molecular weight excluding hydrogens is 280 g/mol. The van der Waals surface area contributed by atoms with Crippen LogP contribution in [0.15, 0.2) is 24.3 Å². The highest BCUT2D eigenvalue weighted by Gasteiger charge is 2.25. The Kier molecular flexibility index (Phi) is 5.38. The molecule has 0 unspecified atom stereocenters. The van der Waals surface area contributed by atoms with Crippen LogP contribution in [0.25, 0.3) is 0 Å². The number of piperazine rings is 1. The third-order valence-electron chi connectivity index (χ3n) is 3.98. The summed E-state index contributed by atoms with van der Waals surface area (Å²) >= 11 is 0. The van der Waals surface area contributed by atoms with Crippen LogP contribution in [0.3, 0.4) is 0 Å². The van der Waals surface area contributed by atoms with Gasteiger partial charge in [0.1, 0.15) is 0 Å². The summed E-state index contributed by atoms with van der Waals surface area (Å²) in [6.07, 6.45) is 0.223. The van der Waals surface area contributed by atoms with E-state index in [-0.39, 0.29) is 12.3 Å². The first-order chi connectivity index (χ1) is 10.5. The second kappa shape index (κ2) is 7.26. The second-order valence-electron chi connectivity index (χ2n) is 5.82. The Hall–Kier alpha value is -2.08. The maximum atomic E-state index is 12.5. The lowest BCUT2D eigenvalue weighted by atomic mass is 9.98. The molecule has 1 saturated heterocycles.